The molecule has 3 rings (SSSR count). The van der Waals surface area contributed by atoms with Gasteiger partial charge < -0.3 is 5.32 Å². The summed E-state index contributed by atoms with van der Waals surface area (Å²) in [5, 5.41) is 10.3. The summed E-state index contributed by atoms with van der Waals surface area (Å²) in [6.07, 6.45) is 3.35. The number of hydrogen-bond acceptors (Lipinski definition) is 3. The van der Waals surface area contributed by atoms with Crippen molar-refractivity contribution >= 4 is 11.6 Å². The monoisotopic (exact) mass is 296 g/mol. The van der Waals surface area contributed by atoms with E-state index in [4.69, 9.17) is 0 Å². The van der Waals surface area contributed by atoms with Crippen LogP contribution in [0.3, 0.4) is 0 Å². The van der Waals surface area contributed by atoms with Gasteiger partial charge in [0.2, 0.25) is 0 Å². The first-order valence-corrected chi connectivity index (χ1v) is 6.70. The van der Waals surface area contributed by atoms with Crippen LogP contribution in [0.1, 0.15) is 0 Å². The maximum atomic E-state index is 12.4. The second kappa shape index (κ2) is 6.17. The highest BCUT2D eigenvalue weighted by atomic mass is 19.1. The molecule has 6 heteroatoms. The van der Waals surface area contributed by atoms with Crippen molar-refractivity contribution in [3.05, 3.63) is 60.9 Å². The second-order valence-corrected chi connectivity index (χ2v) is 4.63. The Hall–Kier alpha value is -3.02. The smallest absolute Gasteiger partial charge is 0.255 e. The Kier molecular flexibility index (Phi) is 3.91. The first-order chi connectivity index (χ1) is 10.8. The van der Waals surface area contributed by atoms with E-state index in [0.29, 0.717) is 5.69 Å². The van der Waals surface area contributed by atoms with E-state index >= 15 is 0 Å². The molecule has 110 valence electrons. The predicted molar refractivity (Wildman–Crippen MR) is 81.4 cm³/mol. The van der Waals surface area contributed by atoms with Crippen molar-refractivity contribution in [3.63, 3.8) is 0 Å². The van der Waals surface area contributed by atoms with E-state index in [0.717, 1.165) is 16.8 Å². The molecule has 22 heavy (non-hydrogen) atoms. The number of benzene rings is 2. The van der Waals surface area contributed by atoms with Gasteiger partial charge in [0, 0.05) is 11.3 Å². The fraction of sp³-hybridized carbons (Fsp3) is 0.0625. The van der Waals surface area contributed by atoms with Crippen LogP contribution in [-0.4, -0.2) is 27.6 Å². The molecule has 3 aromatic rings. The molecule has 1 aromatic heterocycles. The summed E-state index contributed by atoms with van der Waals surface area (Å²) in [4.78, 5) is 11.3. The van der Waals surface area contributed by atoms with E-state index in [1.165, 1.54) is 0 Å². The van der Waals surface area contributed by atoms with Gasteiger partial charge in [-0.1, -0.05) is 35.5 Å². The van der Waals surface area contributed by atoms with Gasteiger partial charge >= 0.3 is 0 Å². The molecule has 5 nitrogen and oxygen atoms in total. The summed E-state index contributed by atoms with van der Waals surface area (Å²) >= 11 is 0. The number of carbonyl (C=O) groups is 1. The number of nitrogens with one attached hydrogen (secondary N) is 1. The van der Waals surface area contributed by atoms with Crippen molar-refractivity contribution in [1.29, 1.82) is 0 Å². The molecule has 0 radical (unpaired) electrons. The van der Waals surface area contributed by atoms with E-state index in [2.05, 4.69) is 15.6 Å². The van der Waals surface area contributed by atoms with Crippen molar-refractivity contribution in [2.45, 2.75) is 0 Å². The number of hydrogen-bond donors (Lipinski definition) is 1. The lowest BCUT2D eigenvalue weighted by molar-refractivity contribution is -0.117. The number of rotatable bonds is 4. The standard InChI is InChI=1S/C16H13FN4O/c17-11-16(22)19-15-7-2-1-6-14(15)12-4-3-5-13(10-12)21-9-8-18-20-21/h1-10H,11H2,(H,19,22). The topological polar surface area (TPSA) is 59.8 Å². The molecule has 1 heterocycles. The first kappa shape index (κ1) is 13.9. The Morgan fingerprint density at radius 1 is 1.18 bits per heavy atom. The maximum absolute atomic E-state index is 12.4. The highest BCUT2D eigenvalue weighted by Gasteiger charge is 2.09. The van der Waals surface area contributed by atoms with Crippen LogP contribution in [0.5, 0.6) is 0 Å². The van der Waals surface area contributed by atoms with Crippen LogP contribution in [0, 0.1) is 0 Å². The van der Waals surface area contributed by atoms with Gasteiger partial charge in [0.05, 0.1) is 18.1 Å². The van der Waals surface area contributed by atoms with E-state index in [9.17, 15) is 9.18 Å². The Bertz CT molecular complexity index is 786. The third kappa shape index (κ3) is 2.85. The van der Waals surface area contributed by atoms with Crippen LogP contribution in [0.25, 0.3) is 16.8 Å². The number of aromatic nitrogens is 3. The second-order valence-electron chi connectivity index (χ2n) is 4.63. The van der Waals surface area contributed by atoms with Crippen molar-refractivity contribution in [2.24, 2.45) is 0 Å². The van der Waals surface area contributed by atoms with Crippen LogP contribution in [0.4, 0.5) is 10.1 Å². The van der Waals surface area contributed by atoms with Crippen LogP contribution in [0.2, 0.25) is 0 Å². The summed E-state index contributed by atoms with van der Waals surface area (Å²) in [6, 6.07) is 14.9. The number of halogens is 1. The average Bonchev–Trinajstić information content (AvgIpc) is 3.10. The third-order valence-corrected chi connectivity index (χ3v) is 3.17. The maximum Gasteiger partial charge on any atom is 0.255 e. The van der Waals surface area contributed by atoms with Crippen molar-refractivity contribution < 1.29 is 9.18 Å². The molecule has 2 aromatic carbocycles. The summed E-state index contributed by atoms with van der Waals surface area (Å²) in [5.41, 5.74) is 3.12. The largest absolute Gasteiger partial charge is 0.323 e. The van der Waals surface area contributed by atoms with Gasteiger partial charge in [0.25, 0.3) is 5.91 Å². The van der Waals surface area contributed by atoms with Gasteiger partial charge in [0.1, 0.15) is 0 Å². The highest BCUT2D eigenvalue weighted by molar-refractivity contribution is 5.96. The lowest BCUT2D eigenvalue weighted by Gasteiger charge is -2.11. The van der Waals surface area contributed by atoms with E-state index in [1.54, 1.807) is 29.2 Å². The minimum atomic E-state index is -1.05. The quantitative estimate of drug-likeness (QED) is 0.805. The SMILES string of the molecule is O=C(CF)Nc1ccccc1-c1cccc(-n2ccnn2)c1. The van der Waals surface area contributed by atoms with Gasteiger partial charge in [0.15, 0.2) is 6.67 Å². The molecule has 0 aliphatic heterocycles. The number of anilines is 1. The molecule has 0 aliphatic carbocycles. The first-order valence-electron chi connectivity index (χ1n) is 6.70. The summed E-state index contributed by atoms with van der Waals surface area (Å²) in [5.74, 6) is -0.667. The lowest BCUT2D eigenvalue weighted by Crippen LogP contribution is -2.13. The van der Waals surface area contributed by atoms with E-state index < -0.39 is 12.6 Å². The fourth-order valence-corrected chi connectivity index (χ4v) is 2.19. The molecule has 0 saturated carbocycles. The molecule has 0 spiro atoms. The third-order valence-electron chi connectivity index (χ3n) is 3.17. The summed E-state index contributed by atoms with van der Waals surface area (Å²) in [7, 11) is 0. The average molecular weight is 296 g/mol. The predicted octanol–water partition coefficient (Wildman–Crippen LogP) is 2.84. The number of amides is 1. The van der Waals surface area contributed by atoms with Crippen molar-refractivity contribution in [2.75, 3.05) is 12.0 Å². The zero-order valence-corrected chi connectivity index (χ0v) is 11.6. The van der Waals surface area contributed by atoms with Gasteiger partial charge in [-0.25, -0.2) is 9.07 Å². The molecule has 1 amide bonds. The van der Waals surface area contributed by atoms with Crippen LogP contribution in [-0.2, 0) is 4.79 Å². The minimum Gasteiger partial charge on any atom is -0.323 e. The van der Waals surface area contributed by atoms with Gasteiger partial charge in [-0.2, -0.15) is 0 Å². The summed E-state index contributed by atoms with van der Waals surface area (Å²) in [6.45, 7) is -1.05. The zero-order chi connectivity index (χ0) is 15.4. The number of para-hydroxylation sites is 1. The van der Waals surface area contributed by atoms with Crippen LogP contribution < -0.4 is 5.32 Å². The molecule has 0 bridgehead atoms. The minimum absolute atomic E-state index is 0.570. The van der Waals surface area contributed by atoms with Crippen LogP contribution >= 0.6 is 0 Å². The summed E-state index contributed by atoms with van der Waals surface area (Å²) < 4.78 is 14.1. The lowest BCUT2D eigenvalue weighted by atomic mass is 10.0. The number of carbonyl (C=O) groups excluding carboxylic acids is 1. The van der Waals surface area contributed by atoms with Crippen molar-refractivity contribution in [3.8, 4) is 16.8 Å². The molecule has 0 unspecified atom stereocenters. The molecule has 0 saturated heterocycles. The Labute approximate surface area is 126 Å². The molecular weight excluding hydrogens is 283 g/mol. The van der Waals surface area contributed by atoms with Crippen LogP contribution in [0.15, 0.2) is 60.9 Å². The van der Waals surface area contributed by atoms with E-state index in [1.807, 2.05) is 36.4 Å². The number of nitrogens with zero attached hydrogens (tertiary/aromatic N) is 3. The fourth-order valence-electron chi connectivity index (χ4n) is 2.19. The Morgan fingerprint density at radius 3 is 2.82 bits per heavy atom. The molecular formula is C16H13FN4O. The molecule has 0 atom stereocenters. The molecule has 0 aliphatic rings. The normalized spacial score (nSPS) is 10.4. The highest BCUT2D eigenvalue weighted by Crippen LogP contribution is 2.29. The van der Waals surface area contributed by atoms with Crippen molar-refractivity contribution in [1.82, 2.24) is 15.0 Å². The Morgan fingerprint density at radius 2 is 2.05 bits per heavy atom. The molecule has 0 fully saturated rings. The number of alkyl halides is 1. The Balaban J connectivity index is 2.01. The van der Waals surface area contributed by atoms with Gasteiger partial charge in [-0.05, 0) is 23.8 Å². The zero-order valence-electron chi connectivity index (χ0n) is 11.6. The van der Waals surface area contributed by atoms with E-state index in [-0.39, 0.29) is 0 Å². The van der Waals surface area contributed by atoms with Gasteiger partial charge in [-0.15, -0.1) is 5.10 Å². The van der Waals surface area contributed by atoms with Gasteiger partial charge in [-0.3, -0.25) is 4.79 Å². The molecule has 1 N–H and O–H groups in total.